The van der Waals surface area contributed by atoms with Crippen LogP contribution in [0, 0.1) is 30.2 Å². The Morgan fingerprint density at radius 2 is 1.23 bits per heavy atom. The summed E-state index contributed by atoms with van der Waals surface area (Å²) in [5.41, 5.74) is 1.53. The third kappa shape index (κ3) is 3.51. The van der Waals surface area contributed by atoms with Gasteiger partial charge in [0.15, 0.2) is 23.3 Å². The lowest BCUT2D eigenvalue weighted by atomic mass is 9.75. The summed E-state index contributed by atoms with van der Waals surface area (Å²) in [6.45, 7) is 3.47. The average molecular weight is 364 g/mol. The molecule has 0 amide bonds. The van der Waals surface area contributed by atoms with Gasteiger partial charge >= 0.3 is 0 Å². The summed E-state index contributed by atoms with van der Waals surface area (Å²) in [7, 11) is 0. The van der Waals surface area contributed by atoms with Crippen LogP contribution < -0.4 is 0 Å². The Morgan fingerprint density at radius 3 is 1.77 bits per heavy atom. The minimum absolute atomic E-state index is 0.0743. The van der Waals surface area contributed by atoms with Crippen molar-refractivity contribution in [1.29, 1.82) is 0 Å². The van der Waals surface area contributed by atoms with Gasteiger partial charge in [0, 0.05) is 0 Å². The van der Waals surface area contributed by atoms with E-state index in [-0.39, 0.29) is 11.8 Å². The van der Waals surface area contributed by atoms with Crippen LogP contribution in [0.25, 0.3) is 0 Å². The van der Waals surface area contributed by atoms with E-state index in [1.165, 1.54) is 0 Å². The Morgan fingerprint density at radius 1 is 0.731 bits per heavy atom. The van der Waals surface area contributed by atoms with Gasteiger partial charge in [-0.15, -0.1) is 0 Å². The van der Waals surface area contributed by atoms with E-state index in [1.807, 2.05) is 6.92 Å². The molecule has 2 aromatic carbocycles. The lowest BCUT2D eigenvalue weighted by molar-refractivity contribution is 0.369. The van der Waals surface area contributed by atoms with E-state index in [9.17, 15) is 17.6 Å². The monoisotopic (exact) mass is 364 g/mol. The summed E-state index contributed by atoms with van der Waals surface area (Å²) in [4.78, 5) is 0. The fourth-order valence-corrected chi connectivity index (χ4v) is 4.07. The minimum atomic E-state index is -0.788. The van der Waals surface area contributed by atoms with Crippen molar-refractivity contribution in [2.45, 2.75) is 64.2 Å². The molecule has 0 aliphatic heterocycles. The van der Waals surface area contributed by atoms with Crippen molar-refractivity contribution in [3.63, 3.8) is 0 Å². The molecule has 0 nitrogen and oxygen atoms in total. The number of hydrogen-bond donors (Lipinski definition) is 0. The predicted molar refractivity (Wildman–Crippen MR) is 95.4 cm³/mol. The number of hydrogen-bond acceptors (Lipinski definition) is 0. The van der Waals surface area contributed by atoms with Crippen LogP contribution in [-0.4, -0.2) is 0 Å². The van der Waals surface area contributed by atoms with E-state index in [0.29, 0.717) is 54.4 Å². The summed E-state index contributed by atoms with van der Waals surface area (Å²) in [6.07, 6.45) is 3.85. The van der Waals surface area contributed by atoms with Gasteiger partial charge in [-0.1, -0.05) is 37.6 Å². The van der Waals surface area contributed by atoms with Gasteiger partial charge in [-0.05, 0) is 73.1 Å². The topological polar surface area (TPSA) is 0 Å². The molecule has 0 heterocycles. The lowest BCUT2D eigenvalue weighted by Crippen LogP contribution is -2.15. The van der Waals surface area contributed by atoms with Crippen molar-refractivity contribution >= 4 is 0 Å². The van der Waals surface area contributed by atoms with Gasteiger partial charge < -0.3 is 0 Å². The van der Waals surface area contributed by atoms with Crippen LogP contribution in [0.5, 0.6) is 0 Å². The second kappa shape index (κ2) is 7.81. The van der Waals surface area contributed by atoms with Crippen LogP contribution in [-0.2, 0) is 6.42 Å². The molecular formula is C22H24F4. The smallest absolute Gasteiger partial charge is 0.162 e. The Kier molecular flexibility index (Phi) is 5.69. The standard InChI is InChI=1S/C22H24F4/c1-3-4-16-10-12-18(22(26)20(16)24)15-8-6-14(7-9-15)17-11-5-13(2)19(23)21(17)25/h5,10-12,14-15H,3-4,6-9H2,1-2H3. The highest BCUT2D eigenvalue weighted by molar-refractivity contribution is 5.32. The van der Waals surface area contributed by atoms with Crippen LogP contribution >= 0.6 is 0 Å². The predicted octanol–water partition coefficient (Wildman–Crippen LogP) is 6.95. The zero-order valence-corrected chi connectivity index (χ0v) is 15.2. The molecule has 0 saturated heterocycles. The number of rotatable bonds is 4. The summed E-state index contributed by atoms with van der Waals surface area (Å²) >= 11 is 0. The maximum absolute atomic E-state index is 14.5. The second-order valence-electron chi connectivity index (χ2n) is 7.34. The van der Waals surface area contributed by atoms with E-state index in [2.05, 4.69) is 0 Å². The van der Waals surface area contributed by atoms with E-state index in [4.69, 9.17) is 0 Å². The molecule has 0 aromatic heterocycles. The summed E-state index contributed by atoms with van der Waals surface area (Å²) < 4.78 is 56.7. The molecule has 1 aliphatic carbocycles. The van der Waals surface area contributed by atoms with Crippen LogP contribution in [0.2, 0.25) is 0 Å². The number of benzene rings is 2. The zero-order valence-electron chi connectivity index (χ0n) is 15.2. The fourth-order valence-electron chi connectivity index (χ4n) is 4.07. The quantitative estimate of drug-likeness (QED) is 0.515. The molecule has 0 bridgehead atoms. The highest BCUT2D eigenvalue weighted by atomic mass is 19.2. The zero-order chi connectivity index (χ0) is 18.8. The molecule has 1 fully saturated rings. The molecule has 0 N–H and O–H groups in total. The molecule has 1 saturated carbocycles. The molecular weight excluding hydrogens is 340 g/mol. The minimum Gasteiger partial charge on any atom is -0.203 e. The van der Waals surface area contributed by atoms with Crippen molar-refractivity contribution in [1.82, 2.24) is 0 Å². The molecule has 0 radical (unpaired) electrons. The number of aryl methyl sites for hydroxylation is 2. The van der Waals surface area contributed by atoms with Crippen LogP contribution in [0.1, 0.15) is 73.1 Å². The fraction of sp³-hybridized carbons (Fsp3) is 0.455. The Hall–Kier alpha value is -1.84. The second-order valence-corrected chi connectivity index (χ2v) is 7.34. The van der Waals surface area contributed by atoms with Gasteiger partial charge in [0.2, 0.25) is 0 Å². The molecule has 0 spiro atoms. The first-order valence-corrected chi connectivity index (χ1v) is 9.35. The molecule has 0 unspecified atom stereocenters. The maximum atomic E-state index is 14.5. The van der Waals surface area contributed by atoms with Gasteiger partial charge in [-0.3, -0.25) is 0 Å². The number of halogens is 4. The van der Waals surface area contributed by atoms with E-state index in [1.54, 1.807) is 31.2 Å². The first-order valence-electron chi connectivity index (χ1n) is 9.35. The molecule has 26 heavy (non-hydrogen) atoms. The van der Waals surface area contributed by atoms with Crippen LogP contribution in [0.15, 0.2) is 24.3 Å². The van der Waals surface area contributed by atoms with Gasteiger partial charge in [0.25, 0.3) is 0 Å². The van der Waals surface area contributed by atoms with Crippen LogP contribution in [0.4, 0.5) is 17.6 Å². The van der Waals surface area contributed by atoms with E-state index in [0.717, 1.165) is 6.42 Å². The molecule has 1 aliphatic rings. The molecule has 0 atom stereocenters. The SMILES string of the molecule is CCCc1ccc(C2CCC(c3ccc(C)c(F)c3F)CC2)c(F)c1F. The van der Waals surface area contributed by atoms with Gasteiger partial charge in [0.1, 0.15) is 0 Å². The molecule has 2 aromatic rings. The summed E-state index contributed by atoms with van der Waals surface area (Å²) in [5, 5.41) is 0. The van der Waals surface area contributed by atoms with E-state index >= 15 is 0 Å². The Bertz CT molecular complexity index is 789. The molecule has 3 rings (SSSR count). The summed E-state index contributed by atoms with van der Waals surface area (Å²) in [6, 6.07) is 6.62. The third-order valence-electron chi connectivity index (χ3n) is 5.62. The largest absolute Gasteiger partial charge is 0.203 e. The Balaban J connectivity index is 1.75. The van der Waals surface area contributed by atoms with Gasteiger partial charge in [0.05, 0.1) is 0 Å². The first-order chi connectivity index (χ1) is 12.4. The average Bonchev–Trinajstić information content (AvgIpc) is 2.64. The summed E-state index contributed by atoms with van der Waals surface area (Å²) in [5.74, 6) is -3.19. The normalized spacial score (nSPS) is 20.4. The maximum Gasteiger partial charge on any atom is 0.162 e. The van der Waals surface area contributed by atoms with Crippen molar-refractivity contribution in [3.8, 4) is 0 Å². The van der Waals surface area contributed by atoms with Crippen molar-refractivity contribution in [2.75, 3.05) is 0 Å². The van der Waals surface area contributed by atoms with Crippen LogP contribution in [0.3, 0.4) is 0 Å². The van der Waals surface area contributed by atoms with Crippen molar-refractivity contribution in [2.24, 2.45) is 0 Å². The third-order valence-corrected chi connectivity index (χ3v) is 5.62. The molecule has 140 valence electrons. The highest BCUT2D eigenvalue weighted by Crippen LogP contribution is 2.42. The molecule has 4 heteroatoms. The lowest BCUT2D eigenvalue weighted by Gasteiger charge is -2.30. The first kappa shape index (κ1) is 18.9. The Labute approximate surface area is 152 Å². The van der Waals surface area contributed by atoms with Crippen molar-refractivity contribution < 1.29 is 17.6 Å². The highest BCUT2D eigenvalue weighted by Gasteiger charge is 2.29. The van der Waals surface area contributed by atoms with E-state index < -0.39 is 23.3 Å². The van der Waals surface area contributed by atoms with Gasteiger partial charge in [-0.25, -0.2) is 17.6 Å². The van der Waals surface area contributed by atoms with Gasteiger partial charge in [-0.2, -0.15) is 0 Å². The van der Waals surface area contributed by atoms with Crippen molar-refractivity contribution in [3.05, 3.63) is 69.8 Å².